The summed E-state index contributed by atoms with van der Waals surface area (Å²) in [6, 6.07) is 5.25. The van der Waals surface area contributed by atoms with Crippen molar-refractivity contribution in [1.82, 2.24) is 9.78 Å². The van der Waals surface area contributed by atoms with Gasteiger partial charge in [0, 0.05) is 12.6 Å². The zero-order valence-electron chi connectivity index (χ0n) is 10.6. The van der Waals surface area contributed by atoms with Crippen LogP contribution >= 0.6 is 15.9 Å². The Bertz CT molecular complexity index is 579. The SMILES string of the molecule is Cc1nn(C)c(COc2cccc(O)c2C)c1Br. The molecule has 0 aliphatic heterocycles. The number of benzene rings is 1. The summed E-state index contributed by atoms with van der Waals surface area (Å²) in [7, 11) is 1.88. The van der Waals surface area contributed by atoms with Crippen LogP contribution in [0.25, 0.3) is 0 Å². The fourth-order valence-electron chi connectivity index (χ4n) is 1.74. The monoisotopic (exact) mass is 310 g/mol. The fraction of sp³-hybridized carbons (Fsp3) is 0.308. The minimum atomic E-state index is 0.243. The van der Waals surface area contributed by atoms with Crippen LogP contribution in [0.5, 0.6) is 11.5 Å². The third-order valence-corrected chi connectivity index (χ3v) is 3.91. The zero-order chi connectivity index (χ0) is 13.3. The molecule has 0 atom stereocenters. The first kappa shape index (κ1) is 13.0. The van der Waals surface area contributed by atoms with Crippen LogP contribution in [0.1, 0.15) is 17.0 Å². The third kappa shape index (κ3) is 2.36. The van der Waals surface area contributed by atoms with Crippen molar-refractivity contribution in [3.8, 4) is 11.5 Å². The topological polar surface area (TPSA) is 47.3 Å². The van der Waals surface area contributed by atoms with E-state index >= 15 is 0 Å². The Morgan fingerprint density at radius 1 is 1.39 bits per heavy atom. The molecule has 2 aromatic rings. The lowest BCUT2D eigenvalue weighted by atomic mass is 10.2. The highest BCUT2D eigenvalue weighted by Crippen LogP contribution is 2.28. The zero-order valence-corrected chi connectivity index (χ0v) is 12.2. The minimum Gasteiger partial charge on any atom is -0.508 e. The number of hydrogen-bond donors (Lipinski definition) is 1. The highest BCUT2D eigenvalue weighted by atomic mass is 79.9. The molecule has 2 rings (SSSR count). The molecule has 4 nitrogen and oxygen atoms in total. The Labute approximate surface area is 114 Å². The number of halogens is 1. The van der Waals surface area contributed by atoms with Gasteiger partial charge in [-0.25, -0.2) is 0 Å². The van der Waals surface area contributed by atoms with E-state index in [2.05, 4.69) is 21.0 Å². The number of ether oxygens (including phenoxy) is 1. The molecule has 0 saturated heterocycles. The average Bonchev–Trinajstić information content (AvgIpc) is 2.56. The molecule has 1 aromatic carbocycles. The van der Waals surface area contributed by atoms with Gasteiger partial charge in [0.2, 0.25) is 0 Å². The second kappa shape index (κ2) is 5.02. The molecule has 0 radical (unpaired) electrons. The van der Waals surface area contributed by atoms with Gasteiger partial charge in [0.15, 0.2) is 0 Å². The second-order valence-corrected chi connectivity index (χ2v) is 4.95. The normalized spacial score (nSPS) is 10.7. The van der Waals surface area contributed by atoms with Gasteiger partial charge in [-0.05, 0) is 41.9 Å². The maximum atomic E-state index is 9.60. The van der Waals surface area contributed by atoms with E-state index in [1.807, 2.05) is 27.0 Å². The number of nitrogens with zero attached hydrogens (tertiary/aromatic N) is 2. The molecule has 0 bridgehead atoms. The van der Waals surface area contributed by atoms with Gasteiger partial charge in [0.1, 0.15) is 18.1 Å². The van der Waals surface area contributed by atoms with Gasteiger partial charge in [-0.2, -0.15) is 5.10 Å². The molecule has 0 aliphatic carbocycles. The van der Waals surface area contributed by atoms with Crippen LogP contribution in [0.2, 0.25) is 0 Å². The molecule has 0 amide bonds. The average molecular weight is 311 g/mol. The first-order valence-electron chi connectivity index (χ1n) is 5.60. The standard InChI is InChI=1S/C13H15BrN2O2/c1-8-11(17)5-4-6-12(8)18-7-10-13(14)9(2)15-16(10)3/h4-6,17H,7H2,1-3H3. The molecular formula is C13H15BrN2O2. The van der Waals surface area contributed by atoms with E-state index < -0.39 is 0 Å². The van der Waals surface area contributed by atoms with Crippen molar-refractivity contribution in [2.75, 3.05) is 0 Å². The van der Waals surface area contributed by atoms with Crippen LogP contribution in [0, 0.1) is 13.8 Å². The predicted molar refractivity (Wildman–Crippen MR) is 72.8 cm³/mol. The third-order valence-electron chi connectivity index (χ3n) is 2.88. The molecule has 0 aliphatic rings. The fourth-order valence-corrected chi connectivity index (χ4v) is 2.19. The predicted octanol–water partition coefficient (Wildman–Crippen LogP) is 3.08. The van der Waals surface area contributed by atoms with Crippen molar-refractivity contribution in [1.29, 1.82) is 0 Å². The number of phenolic OH excluding ortho intramolecular Hbond substituents is 1. The number of aromatic nitrogens is 2. The molecule has 0 fully saturated rings. The van der Waals surface area contributed by atoms with E-state index in [4.69, 9.17) is 4.74 Å². The summed E-state index contributed by atoms with van der Waals surface area (Å²) < 4.78 is 8.48. The van der Waals surface area contributed by atoms with Crippen molar-refractivity contribution in [3.63, 3.8) is 0 Å². The summed E-state index contributed by atoms with van der Waals surface area (Å²) in [5.74, 6) is 0.925. The van der Waals surface area contributed by atoms with E-state index in [9.17, 15) is 5.11 Å². The van der Waals surface area contributed by atoms with Crippen LogP contribution in [0.4, 0.5) is 0 Å². The Hall–Kier alpha value is -1.49. The van der Waals surface area contributed by atoms with Crippen LogP contribution in [0.15, 0.2) is 22.7 Å². The quantitative estimate of drug-likeness (QED) is 0.947. The smallest absolute Gasteiger partial charge is 0.131 e. The van der Waals surface area contributed by atoms with Gasteiger partial charge in [0.05, 0.1) is 15.9 Å². The first-order chi connectivity index (χ1) is 8.50. The summed E-state index contributed by atoms with van der Waals surface area (Å²) in [5, 5.41) is 13.9. The second-order valence-electron chi connectivity index (χ2n) is 4.16. The van der Waals surface area contributed by atoms with Gasteiger partial charge in [-0.1, -0.05) is 6.07 Å². The molecule has 5 heteroatoms. The maximum Gasteiger partial charge on any atom is 0.131 e. The molecular weight excluding hydrogens is 296 g/mol. The minimum absolute atomic E-state index is 0.243. The highest BCUT2D eigenvalue weighted by molar-refractivity contribution is 9.10. The van der Waals surface area contributed by atoms with Gasteiger partial charge < -0.3 is 9.84 Å². The van der Waals surface area contributed by atoms with Crippen molar-refractivity contribution in [2.24, 2.45) is 7.05 Å². The van der Waals surface area contributed by atoms with Crippen molar-refractivity contribution >= 4 is 15.9 Å². The Morgan fingerprint density at radius 3 is 2.72 bits per heavy atom. The number of rotatable bonds is 3. The number of phenols is 1. The van der Waals surface area contributed by atoms with Gasteiger partial charge in [-0.3, -0.25) is 4.68 Å². The van der Waals surface area contributed by atoms with E-state index in [-0.39, 0.29) is 5.75 Å². The summed E-state index contributed by atoms with van der Waals surface area (Å²) >= 11 is 3.49. The largest absolute Gasteiger partial charge is 0.508 e. The first-order valence-corrected chi connectivity index (χ1v) is 6.39. The van der Waals surface area contributed by atoms with Crippen LogP contribution in [-0.2, 0) is 13.7 Å². The highest BCUT2D eigenvalue weighted by Gasteiger charge is 2.12. The number of aryl methyl sites for hydroxylation is 2. The number of hydrogen-bond acceptors (Lipinski definition) is 3. The number of aromatic hydroxyl groups is 1. The Kier molecular flexibility index (Phi) is 3.61. The van der Waals surface area contributed by atoms with Crippen LogP contribution in [-0.4, -0.2) is 14.9 Å². The molecule has 0 saturated carbocycles. The van der Waals surface area contributed by atoms with Crippen LogP contribution in [0.3, 0.4) is 0 Å². The van der Waals surface area contributed by atoms with Gasteiger partial charge in [-0.15, -0.1) is 0 Å². The molecule has 0 unspecified atom stereocenters. The molecule has 1 aromatic heterocycles. The molecule has 1 heterocycles. The lowest BCUT2D eigenvalue weighted by Crippen LogP contribution is -2.04. The maximum absolute atomic E-state index is 9.60. The van der Waals surface area contributed by atoms with Crippen molar-refractivity contribution in [3.05, 3.63) is 39.6 Å². The van der Waals surface area contributed by atoms with Crippen molar-refractivity contribution in [2.45, 2.75) is 20.5 Å². The van der Waals surface area contributed by atoms with E-state index in [0.29, 0.717) is 12.4 Å². The van der Waals surface area contributed by atoms with E-state index in [1.54, 1.807) is 16.8 Å². The van der Waals surface area contributed by atoms with Crippen LogP contribution < -0.4 is 4.74 Å². The Morgan fingerprint density at radius 2 is 2.11 bits per heavy atom. The van der Waals surface area contributed by atoms with Crippen molar-refractivity contribution < 1.29 is 9.84 Å². The van der Waals surface area contributed by atoms with Gasteiger partial charge in [0.25, 0.3) is 0 Å². The Balaban J connectivity index is 2.19. The van der Waals surface area contributed by atoms with E-state index in [0.717, 1.165) is 21.4 Å². The summed E-state index contributed by atoms with van der Waals surface area (Å²) in [6.45, 7) is 4.17. The molecule has 96 valence electrons. The lowest BCUT2D eigenvalue weighted by Gasteiger charge is -2.10. The van der Waals surface area contributed by atoms with Gasteiger partial charge >= 0.3 is 0 Å². The molecule has 1 N–H and O–H groups in total. The molecule has 0 spiro atoms. The van der Waals surface area contributed by atoms with E-state index in [1.165, 1.54) is 0 Å². The summed E-state index contributed by atoms with van der Waals surface area (Å²) in [5.41, 5.74) is 2.64. The molecule has 18 heavy (non-hydrogen) atoms. The lowest BCUT2D eigenvalue weighted by molar-refractivity contribution is 0.290. The summed E-state index contributed by atoms with van der Waals surface area (Å²) in [4.78, 5) is 0. The summed E-state index contributed by atoms with van der Waals surface area (Å²) in [6.07, 6.45) is 0.